The van der Waals surface area contributed by atoms with E-state index in [4.69, 9.17) is 14.4 Å². The molecule has 8 aromatic carbocycles. The monoisotopic (exact) mass is 651 g/mol. The van der Waals surface area contributed by atoms with Gasteiger partial charge in [-0.05, 0) is 74.1 Å². The molecule has 0 atom stereocenters. The summed E-state index contributed by atoms with van der Waals surface area (Å²) in [7, 11) is 0. The molecule has 2 heterocycles. The van der Waals surface area contributed by atoms with Gasteiger partial charge in [-0.1, -0.05) is 140 Å². The number of rotatable bonds is 5. The van der Waals surface area contributed by atoms with Gasteiger partial charge in [-0.15, -0.1) is 0 Å². The average molecular weight is 652 g/mol. The highest BCUT2D eigenvalue weighted by molar-refractivity contribution is 6.13. The van der Waals surface area contributed by atoms with Gasteiger partial charge in [0.15, 0.2) is 5.82 Å². The predicted octanol–water partition coefficient (Wildman–Crippen LogP) is 13.1. The number of benzene rings is 8. The van der Waals surface area contributed by atoms with Crippen molar-refractivity contribution >= 4 is 43.5 Å². The summed E-state index contributed by atoms with van der Waals surface area (Å²) in [4.78, 5) is 10.2. The molecule has 0 aliphatic rings. The Morgan fingerprint density at radius 1 is 0.314 bits per heavy atom. The molecule has 0 bridgehead atoms. The molecule has 3 heteroatoms. The van der Waals surface area contributed by atoms with E-state index in [0.29, 0.717) is 5.82 Å². The van der Waals surface area contributed by atoms with Gasteiger partial charge in [-0.2, -0.15) is 0 Å². The van der Waals surface area contributed by atoms with Gasteiger partial charge in [-0.25, -0.2) is 9.97 Å². The van der Waals surface area contributed by atoms with Crippen LogP contribution < -0.4 is 0 Å². The number of fused-ring (bicyclic) bond motifs is 6. The van der Waals surface area contributed by atoms with Gasteiger partial charge in [0, 0.05) is 28.8 Å². The Morgan fingerprint density at radius 2 is 0.863 bits per heavy atom. The SMILES string of the molecule is c1ccc(-c2nc(-c3ccc(-c4ccc5[oH+]c6ccccc6c5c4)cc3)cc(-c3ccc(-c4cc5ccccc5c5ccccc45)cc3)n2)cc1. The molecular formula is C48H31N2O+. The van der Waals surface area contributed by atoms with Crippen molar-refractivity contribution in [3.63, 3.8) is 0 Å². The lowest BCUT2D eigenvalue weighted by Gasteiger charge is -2.12. The minimum absolute atomic E-state index is 0.706. The Hall–Kier alpha value is -6.84. The van der Waals surface area contributed by atoms with Crippen LogP contribution in [0.4, 0.5) is 0 Å². The van der Waals surface area contributed by atoms with Crippen molar-refractivity contribution in [2.75, 3.05) is 0 Å². The van der Waals surface area contributed by atoms with Crippen molar-refractivity contribution in [1.82, 2.24) is 9.97 Å². The molecule has 1 N–H and O–H groups in total. The zero-order valence-electron chi connectivity index (χ0n) is 27.7. The van der Waals surface area contributed by atoms with Crippen LogP contribution in [0.3, 0.4) is 0 Å². The van der Waals surface area contributed by atoms with E-state index >= 15 is 0 Å². The molecule has 2 aromatic heterocycles. The molecule has 238 valence electrons. The van der Waals surface area contributed by atoms with Crippen molar-refractivity contribution in [3.05, 3.63) is 182 Å². The van der Waals surface area contributed by atoms with Crippen LogP contribution in [0.5, 0.6) is 0 Å². The first-order valence-corrected chi connectivity index (χ1v) is 17.3. The second kappa shape index (κ2) is 11.9. The fraction of sp³-hybridized carbons (Fsp3) is 0. The van der Waals surface area contributed by atoms with Crippen molar-refractivity contribution < 1.29 is 4.42 Å². The number of aromatic nitrogens is 2. The normalized spacial score (nSPS) is 11.5. The molecule has 0 aliphatic heterocycles. The van der Waals surface area contributed by atoms with Crippen molar-refractivity contribution in [2.45, 2.75) is 0 Å². The summed E-state index contributed by atoms with van der Waals surface area (Å²) in [5.41, 5.74) is 11.6. The summed E-state index contributed by atoms with van der Waals surface area (Å²) < 4.78 is 4.80. The molecule has 10 rings (SSSR count). The van der Waals surface area contributed by atoms with E-state index in [0.717, 1.165) is 44.8 Å². The highest BCUT2D eigenvalue weighted by Gasteiger charge is 2.15. The van der Waals surface area contributed by atoms with Crippen LogP contribution in [0, 0.1) is 0 Å². The highest BCUT2D eigenvalue weighted by Crippen LogP contribution is 2.37. The first-order chi connectivity index (χ1) is 25.2. The zero-order valence-corrected chi connectivity index (χ0v) is 27.7. The van der Waals surface area contributed by atoms with Crippen LogP contribution >= 0.6 is 0 Å². The number of hydrogen-bond acceptors (Lipinski definition) is 2. The van der Waals surface area contributed by atoms with Gasteiger partial charge < -0.3 is 4.42 Å². The smallest absolute Gasteiger partial charge is 0.269 e. The van der Waals surface area contributed by atoms with Gasteiger partial charge in [0.2, 0.25) is 0 Å². The lowest BCUT2D eigenvalue weighted by molar-refractivity contribution is 0.669. The van der Waals surface area contributed by atoms with Gasteiger partial charge in [0.25, 0.3) is 11.2 Å². The Kier molecular flexibility index (Phi) is 6.81. The Morgan fingerprint density at radius 3 is 1.61 bits per heavy atom. The van der Waals surface area contributed by atoms with E-state index in [1.54, 1.807) is 0 Å². The maximum absolute atomic E-state index is 5.09. The summed E-state index contributed by atoms with van der Waals surface area (Å²) in [6, 6.07) is 64.3. The topological polar surface area (TPSA) is 38.6 Å². The minimum Gasteiger partial charge on any atom is -0.545 e. The standard InChI is InChI=1S/C48H30N2O/c1-2-10-35(11-3-1)48-49-44(33-22-18-31(19-23-33)36-26-27-47-43(28-36)41-16-8-9-17-46(41)51-47)30-45(50-48)34-24-20-32(21-25-34)42-29-37-12-4-5-13-38(37)39-14-6-7-15-40(39)42/h1-30H/p+1. The third-order valence-electron chi connectivity index (χ3n) is 9.96. The minimum atomic E-state index is 0.706. The summed E-state index contributed by atoms with van der Waals surface area (Å²) in [5, 5.41) is 7.41. The Bertz CT molecular complexity index is 2890. The third-order valence-corrected chi connectivity index (χ3v) is 9.96. The summed E-state index contributed by atoms with van der Waals surface area (Å²) in [6.45, 7) is 0. The molecule has 0 fully saturated rings. The Labute approximate surface area is 295 Å². The molecule has 10 aromatic rings. The van der Waals surface area contributed by atoms with Crippen LogP contribution in [-0.2, 0) is 0 Å². The first-order valence-electron chi connectivity index (χ1n) is 17.3. The predicted molar refractivity (Wildman–Crippen MR) is 213 cm³/mol. The van der Waals surface area contributed by atoms with Crippen molar-refractivity contribution in [3.8, 4) is 56.2 Å². The lowest BCUT2D eigenvalue weighted by Crippen LogP contribution is -1.96. The molecule has 3 nitrogen and oxygen atoms in total. The van der Waals surface area contributed by atoms with E-state index < -0.39 is 0 Å². The van der Waals surface area contributed by atoms with Crippen LogP contribution in [0.25, 0.3) is 99.6 Å². The highest BCUT2D eigenvalue weighted by atomic mass is 16.3. The molecule has 0 amide bonds. The van der Waals surface area contributed by atoms with Gasteiger partial charge in [0.1, 0.15) is 0 Å². The van der Waals surface area contributed by atoms with Crippen LogP contribution in [0.15, 0.2) is 186 Å². The second-order valence-electron chi connectivity index (χ2n) is 13.0. The molecule has 0 aliphatic carbocycles. The van der Waals surface area contributed by atoms with Crippen LogP contribution in [0.2, 0.25) is 0 Å². The molecule has 0 saturated heterocycles. The zero-order chi connectivity index (χ0) is 33.7. The van der Waals surface area contributed by atoms with E-state index in [9.17, 15) is 0 Å². The van der Waals surface area contributed by atoms with E-state index in [1.807, 2.05) is 24.3 Å². The number of furan rings is 1. The van der Waals surface area contributed by atoms with Crippen LogP contribution in [-0.4, -0.2) is 9.97 Å². The van der Waals surface area contributed by atoms with E-state index in [1.165, 1.54) is 49.0 Å². The summed E-state index contributed by atoms with van der Waals surface area (Å²) in [6.07, 6.45) is 0. The van der Waals surface area contributed by atoms with Crippen molar-refractivity contribution in [2.24, 2.45) is 0 Å². The summed E-state index contributed by atoms with van der Waals surface area (Å²) >= 11 is 0. The maximum atomic E-state index is 5.09. The summed E-state index contributed by atoms with van der Waals surface area (Å²) in [5.74, 6) is 0.706. The van der Waals surface area contributed by atoms with E-state index in [-0.39, 0.29) is 0 Å². The second-order valence-corrected chi connectivity index (χ2v) is 13.0. The van der Waals surface area contributed by atoms with Gasteiger partial charge >= 0.3 is 0 Å². The fourth-order valence-corrected chi connectivity index (χ4v) is 7.36. The van der Waals surface area contributed by atoms with Gasteiger partial charge in [-0.3, -0.25) is 0 Å². The molecule has 51 heavy (non-hydrogen) atoms. The molecule has 0 spiro atoms. The van der Waals surface area contributed by atoms with E-state index in [2.05, 4.69) is 158 Å². The number of hydrogen-bond donors (Lipinski definition) is 0. The fourth-order valence-electron chi connectivity index (χ4n) is 7.36. The Balaban J connectivity index is 1.04. The number of nitrogens with zero attached hydrogens (tertiary/aromatic N) is 2. The molecular weight excluding hydrogens is 621 g/mol. The first kappa shape index (κ1) is 29.1. The molecule has 0 saturated carbocycles. The van der Waals surface area contributed by atoms with Gasteiger partial charge in [0.05, 0.1) is 22.2 Å². The largest absolute Gasteiger partial charge is 0.545 e. The third kappa shape index (κ3) is 5.15. The van der Waals surface area contributed by atoms with Crippen LogP contribution in [0.1, 0.15) is 0 Å². The average Bonchev–Trinajstić information content (AvgIpc) is 3.59. The lowest BCUT2D eigenvalue weighted by atomic mass is 9.93. The maximum Gasteiger partial charge on any atom is 0.269 e. The quantitative estimate of drug-likeness (QED) is 0.137. The number of para-hydroxylation sites is 1. The molecule has 0 radical (unpaired) electrons. The molecule has 0 unspecified atom stereocenters. The van der Waals surface area contributed by atoms with Crippen molar-refractivity contribution in [1.29, 1.82) is 0 Å².